The number of hydrogen-bond acceptors (Lipinski definition) is 10. The smallest absolute Gasteiger partial charge is 0.261 e. The van der Waals surface area contributed by atoms with E-state index < -0.39 is 69.0 Å². The lowest BCUT2D eigenvalue weighted by atomic mass is 9.79. The fourth-order valence-corrected chi connectivity index (χ4v) is 11.2. The van der Waals surface area contributed by atoms with Crippen LogP contribution in [-0.4, -0.2) is 100 Å². The maximum Gasteiger partial charge on any atom is 0.261 e. The molecular weight excluding hydrogens is 464 g/mol. The number of amides is 2. The number of piperazine rings is 1. The summed E-state index contributed by atoms with van der Waals surface area (Å²) in [6, 6.07) is -1.74. The molecule has 2 aliphatic carbocycles. The number of hydrogen-bond donors (Lipinski definition) is 3. The zero-order chi connectivity index (χ0) is 22.0. The molecule has 6 fully saturated rings. The van der Waals surface area contributed by atoms with E-state index >= 15 is 0 Å². The molecule has 0 aromatic rings. The second kappa shape index (κ2) is 6.41. The van der Waals surface area contributed by atoms with Gasteiger partial charge in [0.25, 0.3) is 11.8 Å². The zero-order valence-electron chi connectivity index (χ0n) is 16.5. The normalized spacial score (nSPS) is 52.9. The molecule has 3 N–H and O–H groups in total. The number of nitrogens with zero attached hydrogens (tertiary/aromatic N) is 2. The van der Waals surface area contributed by atoms with Crippen LogP contribution in [0.25, 0.3) is 0 Å². The lowest BCUT2D eigenvalue weighted by molar-refractivity contribution is -0.173. The topological polar surface area (TPSA) is 135 Å². The van der Waals surface area contributed by atoms with Gasteiger partial charge in [0.05, 0.1) is 29.5 Å². The molecule has 2 amide bonds. The molecule has 4 aliphatic heterocycles. The fraction of sp³-hybridized carbons (Fsp3) is 0.789. The van der Waals surface area contributed by atoms with Crippen LogP contribution < -0.4 is 0 Å². The second-order valence-electron chi connectivity index (χ2n) is 9.33. The molecule has 6 rings (SSSR count). The Morgan fingerprint density at radius 1 is 0.903 bits per heavy atom. The maximum atomic E-state index is 14.2. The number of carbonyl (C=O) groups is 4. The van der Waals surface area contributed by atoms with Crippen molar-refractivity contribution in [1.29, 1.82) is 0 Å². The van der Waals surface area contributed by atoms with Gasteiger partial charge in [0.1, 0.15) is 17.7 Å². The summed E-state index contributed by atoms with van der Waals surface area (Å²) in [6.45, 7) is 0. The van der Waals surface area contributed by atoms with Gasteiger partial charge >= 0.3 is 0 Å². The predicted octanol–water partition coefficient (Wildman–Crippen LogP) is -1.02. The molecule has 12 heteroatoms. The van der Waals surface area contributed by atoms with Crippen LogP contribution in [0.2, 0.25) is 0 Å². The summed E-state index contributed by atoms with van der Waals surface area (Å²) >= 11 is 1.15. The Labute approximate surface area is 190 Å². The minimum atomic E-state index is -1.41. The van der Waals surface area contributed by atoms with E-state index in [-0.39, 0.29) is 37.2 Å². The Hall–Kier alpha value is -0.790. The SMILES string of the molecule is CSC12CC3C(=O)CC(O)C(O)C3N1C(=O)C13CC4C(=O)CC(SS1)C(O)C4N3C2=O. The largest absolute Gasteiger partial charge is 0.390 e. The van der Waals surface area contributed by atoms with E-state index in [1.54, 1.807) is 6.26 Å². The molecule has 10 unspecified atom stereocenters. The molecular formula is C19H22N2O7S3. The van der Waals surface area contributed by atoms with E-state index in [0.717, 1.165) is 11.8 Å². The average molecular weight is 487 g/mol. The van der Waals surface area contributed by atoms with Crippen LogP contribution >= 0.6 is 33.3 Å². The van der Waals surface area contributed by atoms with Crippen molar-refractivity contribution in [1.82, 2.24) is 9.80 Å². The number of aliphatic hydroxyl groups excluding tert-OH is 3. The van der Waals surface area contributed by atoms with E-state index in [9.17, 15) is 34.5 Å². The van der Waals surface area contributed by atoms with Crippen molar-refractivity contribution < 1.29 is 34.5 Å². The molecule has 9 nitrogen and oxygen atoms in total. The lowest BCUT2D eigenvalue weighted by Crippen LogP contribution is -2.75. The fourth-order valence-electron chi connectivity index (χ4n) is 6.63. The van der Waals surface area contributed by atoms with E-state index in [2.05, 4.69) is 0 Å². The monoisotopic (exact) mass is 486 g/mol. The van der Waals surface area contributed by atoms with E-state index in [0.29, 0.717) is 0 Å². The summed E-state index contributed by atoms with van der Waals surface area (Å²) in [5.74, 6) is -2.45. The van der Waals surface area contributed by atoms with Gasteiger partial charge in [-0.1, -0.05) is 21.6 Å². The van der Waals surface area contributed by atoms with Gasteiger partial charge in [-0.2, -0.15) is 0 Å². The summed E-state index contributed by atoms with van der Waals surface area (Å²) in [5, 5.41) is 31.7. The van der Waals surface area contributed by atoms with Gasteiger partial charge in [-0.15, -0.1) is 11.8 Å². The molecule has 0 radical (unpaired) electrons. The van der Waals surface area contributed by atoms with Crippen LogP contribution in [0, 0.1) is 11.8 Å². The first-order valence-electron chi connectivity index (χ1n) is 10.3. The Balaban J connectivity index is 1.54. The second-order valence-corrected chi connectivity index (χ2v) is 13.1. The van der Waals surface area contributed by atoms with Gasteiger partial charge in [0.2, 0.25) is 0 Å². The quantitative estimate of drug-likeness (QED) is 0.395. The average Bonchev–Trinajstić information content (AvgIpc) is 3.25. The van der Waals surface area contributed by atoms with Gasteiger partial charge in [-0.25, -0.2) is 0 Å². The van der Waals surface area contributed by atoms with E-state index in [1.165, 1.54) is 31.4 Å². The maximum absolute atomic E-state index is 14.2. The highest BCUT2D eigenvalue weighted by Gasteiger charge is 2.77. The molecule has 10 atom stereocenters. The van der Waals surface area contributed by atoms with Crippen LogP contribution in [0.5, 0.6) is 0 Å². The van der Waals surface area contributed by atoms with Crippen molar-refractivity contribution in [3.63, 3.8) is 0 Å². The van der Waals surface area contributed by atoms with Crippen LogP contribution in [0.15, 0.2) is 0 Å². The van der Waals surface area contributed by atoms with Gasteiger partial charge in [0.15, 0.2) is 9.74 Å². The molecule has 31 heavy (non-hydrogen) atoms. The molecule has 168 valence electrons. The number of fused-ring (bicyclic) bond motifs is 4. The van der Waals surface area contributed by atoms with Gasteiger partial charge in [-0.3, -0.25) is 19.2 Å². The highest BCUT2D eigenvalue weighted by Crippen LogP contribution is 2.65. The van der Waals surface area contributed by atoms with Crippen molar-refractivity contribution in [2.75, 3.05) is 6.26 Å². The summed E-state index contributed by atoms with van der Waals surface area (Å²) < 4.78 is 0. The van der Waals surface area contributed by atoms with Gasteiger partial charge < -0.3 is 25.1 Å². The highest BCUT2D eigenvalue weighted by atomic mass is 33.1. The standard InChI is InChI=1S/C19H22N2O7S3/c1-29-18-4-6-8(22)2-10(24)14(25)12(6)20(18)17(28)19-5-7-9(23)3-11(30-31-19)15(26)13(7)21(19)16(18)27/h6-7,10-15,24-26H,2-5H2,1H3. The lowest BCUT2D eigenvalue weighted by Gasteiger charge is -2.54. The molecule has 3 bridgehead atoms. The Morgan fingerprint density at radius 2 is 1.55 bits per heavy atom. The molecule has 4 heterocycles. The molecule has 6 aliphatic rings. The minimum absolute atomic E-state index is 0.0398. The first kappa shape index (κ1) is 20.8. The van der Waals surface area contributed by atoms with Crippen molar-refractivity contribution in [2.24, 2.45) is 11.8 Å². The third-order valence-corrected chi connectivity index (χ3v) is 12.7. The number of Topliss-reactive ketones (excluding diaryl/α,β-unsaturated/α-hetero) is 2. The highest BCUT2D eigenvalue weighted by molar-refractivity contribution is 8.77. The first-order chi connectivity index (χ1) is 14.7. The van der Waals surface area contributed by atoms with Crippen molar-refractivity contribution >= 4 is 56.7 Å². The van der Waals surface area contributed by atoms with Crippen LogP contribution in [0.3, 0.4) is 0 Å². The summed E-state index contributed by atoms with van der Waals surface area (Å²) in [7, 11) is 2.49. The van der Waals surface area contributed by atoms with E-state index in [1.807, 2.05) is 0 Å². The molecule has 0 aromatic heterocycles. The van der Waals surface area contributed by atoms with E-state index in [4.69, 9.17) is 0 Å². The molecule has 0 aromatic carbocycles. The first-order valence-corrected chi connectivity index (χ1v) is 13.8. The van der Waals surface area contributed by atoms with Gasteiger partial charge in [0, 0.05) is 37.5 Å². The molecule has 2 saturated carbocycles. The van der Waals surface area contributed by atoms with Crippen LogP contribution in [0.1, 0.15) is 25.7 Å². The number of rotatable bonds is 1. The van der Waals surface area contributed by atoms with Crippen molar-refractivity contribution in [3.8, 4) is 0 Å². The Morgan fingerprint density at radius 3 is 2.26 bits per heavy atom. The molecule has 4 saturated heterocycles. The Kier molecular flexibility index (Phi) is 4.30. The number of carbonyl (C=O) groups excluding carboxylic acids is 4. The van der Waals surface area contributed by atoms with Crippen molar-refractivity contribution in [2.45, 2.75) is 71.1 Å². The summed E-state index contributed by atoms with van der Waals surface area (Å²) in [6.07, 6.45) is -1.66. The summed E-state index contributed by atoms with van der Waals surface area (Å²) in [5.41, 5.74) is 0. The minimum Gasteiger partial charge on any atom is -0.390 e. The zero-order valence-corrected chi connectivity index (χ0v) is 19.0. The third kappa shape index (κ3) is 2.24. The van der Waals surface area contributed by atoms with Crippen LogP contribution in [-0.2, 0) is 19.2 Å². The number of aliphatic hydroxyl groups is 3. The molecule has 0 spiro atoms. The Bertz CT molecular complexity index is 934. The number of ketones is 2. The van der Waals surface area contributed by atoms with Crippen LogP contribution in [0.4, 0.5) is 0 Å². The number of thioether (sulfide) groups is 1. The predicted molar refractivity (Wildman–Crippen MR) is 113 cm³/mol. The third-order valence-electron chi connectivity index (χ3n) is 8.06. The summed E-state index contributed by atoms with van der Waals surface area (Å²) in [4.78, 5) is 53.9. The van der Waals surface area contributed by atoms with Gasteiger partial charge in [-0.05, 0) is 6.26 Å². The van der Waals surface area contributed by atoms with Crippen molar-refractivity contribution in [3.05, 3.63) is 0 Å².